The highest BCUT2D eigenvalue weighted by Gasteiger charge is 2.29. The van der Waals surface area contributed by atoms with E-state index >= 15 is 0 Å². The number of hydrogen-bond acceptors (Lipinski definition) is 3. The molecule has 3 aromatic heterocycles. The Morgan fingerprint density at radius 3 is 2.88 bits per heavy atom. The molecule has 124 valence electrons. The summed E-state index contributed by atoms with van der Waals surface area (Å²) in [5.74, 6) is 0.0489. The van der Waals surface area contributed by atoms with Crippen molar-refractivity contribution < 1.29 is 4.79 Å². The average Bonchev–Trinajstić information content (AvgIpc) is 3.32. The molecule has 1 saturated heterocycles. The summed E-state index contributed by atoms with van der Waals surface area (Å²) in [6, 6.07) is 8.18. The first-order chi connectivity index (χ1) is 11.6. The van der Waals surface area contributed by atoms with Gasteiger partial charge in [0.05, 0.1) is 17.1 Å². The zero-order valence-electron chi connectivity index (χ0n) is 13.9. The molecule has 0 aromatic carbocycles. The average molecular weight is 323 g/mol. The number of likely N-dealkylation sites (N-methyl/N-ethyl adjacent to an activating group) is 1. The largest absolute Gasteiger partial charge is 0.369 e. The van der Waals surface area contributed by atoms with Crippen LogP contribution in [0.15, 0.2) is 42.9 Å². The zero-order chi connectivity index (χ0) is 16.7. The predicted molar refractivity (Wildman–Crippen MR) is 94.2 cm³/mol. The normalized spacial score (nSPS) is 17.6. The van der Waals surface area contributed by atoms with Gasteiger partial charge >= 0.3 is 0 Å². The van der Waals surface area contributed by atoms with Crippen LogP contribution in [0.5, 0.6) is 0 Å². The van der Waals surface area contributed by atoms with Crippen molar-refractivity contribution in [3.05, 3.63) is 48.5 Å². The molecule has 1 fully saturated rings. The van der Waals surface area contributed by atoms with Crippen LogP contribution in [0.2, 0.25) is 0 Å². The van der Waals surface area contributed by atoms with Crippen molar-refractivity contribution in [2.24, 2.45) is 7.05 Å². The van der Waals surface area contributed by atoms with Gasteiger partial charge in [0.2, 0.25) is 0 Å². The summed E-state index contributed by atoms with van der Waals surface area (Å²) < 4.78 is 2.02. The molecule has 6 nitrogen and oxygen atoms in total. The minimum Gasteiger partial charge on any atom is -0.369 e. The van der Waals surface area contributed by atoms with Gasteiger partial charge in [0.25, 0.3) is 5.91 Å². The second-order valence-corrected chi connectivity index (χ2v) is 6.42. The monoisotopic (exact) mass is 323 g/mol. The molecule has 4 heterocycles. The molecule has 0 radical (unpaired) electrons. The highest BCUT2D eigenvalue weighted by Crippen LogP contribution is 2.23. The van der Waals surface area contributed by atoms with E-state index in [2.05, 4.69) is 14.9 Å². The molecule has 1 unspecified atom stereocenters. The first kappa shape index (κ1) is 14.8. The Balaban J connectivity index is 1.49. The maximum absolute atomic E-state index is 12.8. The van der Waals surface area contributed by atoms with Gasteiger partial charge in [-0.3, -0.25) is 9.78 Å². The summed E-state index contributed by atoms with van der Waals surface area (Å²) >= 11 is 0. The van der Waals surface area contributed by atoms with E-state index in [1.54, 1.807) is 0 Å². The lowest BCUT2D eigenvalue weighted by Gasteiger charge is -2.25. The van der Waals surface area contributed by atoms with Crippen molar-refractivity contribution in [1.29, 1.82) is 0 Å². The molecule has 0 spiro atoms. The Morgan fingerprint density at radius 1 is 1.33 bits per heavy atom. The molecule has 0 bridgehead atoms. The summed E-state index contributed by atoms with van der Waals surface area (Å²) in [4.78, 5) is 24.3. The van der Waals surface area contributed by atoms with E-state index in [1.807, 2.05) is 66.4 Å². The number of aryl methyl sites for hydroxylation is 1. The number of aromatic amines is 1. The number of fused-ring (bicyclic) bond motifs is 1. The Kier molecular flexibility index (Phi) is 3.52. The second kappa shape index (κ2) is 5.70. The lowest BCUT2D eigenvalue weighted by atomic mass is 10.2. The van der Waals surface area contributed by atoms with Crippen LogP contribution in [0.25, 0.3) is 11.0 Å². The summed E-state index contributed by atoms with van der Waals surface area (Å²) in [6.45, 7) is 1.81. The fraction of sp³-hybridized carbons (Fsp3) is 0.333. The maximum atomic E-state index is 12.8. The SMILES string of the molecule is CN(C(=O)c1cc2c(ccn2C)[nH]1)C1CCN(c2ccncc2)C1. The molecule has 0 saturated carbocycles. The Labute approximate surface area is 140 Å². The van der Waals surface area contributed by atoms with Crippen LogP contribution in [0.3, 0.4) is 0 Å². The summed E-state index contributed by atoms with van der Waals surface area (Å²) in [5.41, 5.74) is 3.87. The van der Waals surface area contributed by atoms with Crippen molar-refractivity contribution in [2.45, 2.75) is 12.5 Å². The van der Waals surface area contributed by atoms with Gasteiger partial charge in [-0.1, -0.05) is 0 Å². The minimum atomic E-state index is 0.0489. The number of nitrogens with zero attached hydrogens (tertiary/aromatic N) is 4. The molecule has 0 aliphatic carbocycles. The first-order valence-corrected chi connectivity index (χ1v) is 8.19. The Hall–Kier alpha value is -2.76. The number of anilines is 1. The lowest BCUT2D eigenvalue weighted by molar-refractivity contribution is 0.0740. The van der Waals surface area contributed by atoms with Crippen molar-refractivity contribution in [2.75, 3.05) is 25.0 Å². The van der Waals surface area contributed by atoms with E-state index < -0.39 is 0 Å². The molecule has 1 atom stereocenters. The Morgan fingerprint density at radius 2 is 2.12 bits per heavy atom. The molecule has 1 aliphatic rings. The number of rotatable bonds is 3. The van der Waals surface area contributed by atoms with Crippen LogP contribution in [0, 0.1) is 0 Å². The fourth-order valence-corrected chi connectivity index (χ4v) is 3.46. The summed E-state index contributed by atoms with van der Waals surface area (Å²) in [5, 5.41) is 0. The van der Waals surface area contributed by atoms with Gasteiger partial charge in [0, 0.05) is 51.5 Å². The van der Waals surface area contributed by atoms with Crippen molar-refractivity contribution >= 4 is 22.6 Å². The van der Waals surface area contributed by atoms with Gasteiger partial charge in [-0.2, -0.15) is 0 Å². The third kappa shape index (κ3) is 2.44. The van der Waals surface area contributed by atoms with Crippen molar-refractivity contribution in [1.82, 2.24) is 19.4 Å². The molecule has 4 rings (SSSR count). The van der Waals surface area contributed by atoms with Gasteiger partial charge in [-0.05, 0) is 30.7 Å². The summed E-state index contributed by atoms with van der Waals surface area (Å²) in [7, 11) is 3.88. The minimum absolute atomic E-state index is 0.0489. The van der Waals surface area contributed by atoms with Crippen LogP contribution in [0.1, 0.15) is 16.9 Å². The standard InChI is InChI=1S/C18H21N5O/c1-21-9-6-15-17(21)11-16(20-15)18(24)22(2)14-5-10-23(12-14)13-3-7-19-8-4-13/h3-4,6-9,11,14,20H,5,10,12H2,1-2H3. The van der Waals surface area contributed by atoms with Crippen LogP contribution in [-0.2, 0) is 7.05 Å². The van der Waals surface area contributed by atoms with E-state index in [0.717, 1.165) is 30.5 Å². The first-order valence-electron chi connectivity index (χ1n) is 8.19. The number of carbonyl (C=O) groups is 1. The van der Waals surface area contributed by atoms with E-state index in [4.69, 9.17) is 0 Å². The molecule has 1 N–H and O–H groups in total. The highest BCUT2D eigenvalue weighted by molar-refractivity contribution is 5.97. The number of pyridine rings is 1. The summed E-state index contributed by atoms with van der Waals surface area (Å²) in [6.07, 6.45) is 6.58. The Bertz CT molecular complexity index is 866. The van der Waals surface area contributed by atoms with Crippen molar-refractivity contribution in [3.8, 4) is 0 Å². The quantitative estimate of drug-likeness (QED) is 0.804. The number of amides is 1. The maximum Gasteiger partial charge on any atom is 0.270 e. The molecule has 1 amide bonds. The fourth-order valence-electron chi connectivity index (χ4n) is 3.46. The molecule has 6 heteroatoms. The number of aromatic nitrogens is 3. The number of hydrogen-bond donors (Lipinski definition) is 1. The van der Waals surface area contributed by atoms with Crippen LogP contribution < -0.4 is 4.90 Å². The van der Waals surface area contributed by atoms with Crippen molar-refractivity contribution in [3.63, 3.8) is 0 Å². The van der Waals surface area contributed by atoms with Crippen LogP contribution in [0.4, 0.5) is 5.69 Å². The lowest BCUT2D eigenvalue weighted by Crippen LogP contribution is -2.39. The predicted octanol–water partition coefficient (Wildman–Crippen LogP) is 2.25. The van der Waals surface area contributed by atoms with E-state index in [1.165, 1.54) is 5.69 Å². The smallest absolute Gasteiger partial charge is 0.270 e. The molecular weight excluding hydrogens is 302 g/mol. The second-order valence-electron chi connectivity index (χ2n) is 6.42. The van der Waals surface area contributed by atoms with E-state index in [-0.39, 0.29) is 11.9 Å². The molecule has 3 aromatic rings. The van der Waals surface area contributed by atoms with Gasteiger partial charge in [-0.25, -0.2) is 0 Å². The van der Waals surface area contributed by atoms with Crippen LogP contribution >= 0.6 is 0 Å². The number of carbonyl (C=O) groups excluding carboxylic acids is 1. The van der Waals surface area contributed by atoms with Gasteiger partial charge < -0.3 is 19.4 Å². The van der Waals surface area contributed by atoms with E-state index in [0.29, 0.717) is 5.69 Å². The number of nitrogens with one attached hydrogen (secondary N) is 1. The zero-order valence-corrected chi connectivity index (χ0v) is 13.9. The topological polar surface area (TPSA) is 57.2 Å². The molecule has 1 aliphatic heterocycles. The third-order valence-electron chi connectivity index (χ3n) is 4.96. The third-order valence-corrected chi connectivity index (χ3v) is 4.96. The van der Waals surface area contributed by atoms with Crippen LogP contribution in [-0.4, -0.2) is 51.5 Å². The van der Waals surface area contributed by atoms with Gasteiger partial charge in [-0.15, -0.1) is 0 Å². The van der Waals surface area contributed by atoms with Gasteiger partial charge in [0.1, 0.15) is 5.69 Å². The number of H-pyrrole nitrogens is 1. The highest BCUT2D eigenvalue weighted by atomic mass is 16.2. The molecular formula is C18H21N5O. The van der Waals surface area contributed by atoms with Gasteiger partial charge in [0.15, 0.2) is 0 Å². The molecule has 24 heavy (non-hydrogen) atoms. The van der Waals surface area contributed by atoms with E-state index in [9.17, 15) is 4.79 Å².